The fourth-order valence-corrected chi connectivity index (χ4v) is 6.40. The van der Waals surface area contributed by atoms with Crippen molar-refractivity contribution in [3.63, 3.8) is 0 Å². The van der Waals surface area contributed by atoms with Crippen molar-refractivity contribution in [3.8, 4) is 0 Å². The summed E-state index contributed by atoms with van der Waals surface area (Å²) in [4.78, 5) is 25.4. The van der Waals surface area contributed by atoms with E-state index in [0.717, 1.165) is 116 Å². The largest absolute Gasteiger partial charge is 0.462 e. The molecule has 0 spiro atoms. The second-order valence-electron chi connectivity index (χ2n) is 16.3. The highest BCUT2D eigenvalue weighted by atomic mass is 16.6. The molecule has 0 aliphatic rings. The van der Waals surface area contributed by atoms with Gasteiger partial charge in [0.25, 0.3) is 0 Å². The van der Waals surface area contributed by atoms with Gasteiger partial charge in [-0.2, -0.15) is 0 Å². The lowest BCUT2D eigenvalue weighted by atomic mass is 10.1. The monoisotopic (exact) mass is 883 g/mol. The predicted octanol–water partition coefficient (Wildman–Crippen LogP) is 17.6. The first-order valence-corrected chi connectivity index (χ1v) is 25.7. The molecule has 5 heteroatoms. The molecule has 360 valence electrons. The smallest absolute Gasteiger partial charge is 0.306 e. The second-order valence-corrected chi connectivity index (χ2v) is 16.3. The maximum atomic E-state index is 12.8. The van der Waals surface area contributed by atoms with E-state index in [1.807, 2.05) is 0 Å². The maximum Gasteiger partial charge on any atom is 0.306 e. The average Bonchev–Trinajstić information content (AvgIpc) is 3.30. The lowest BCUT2D eigenvalue weighted by Crippen LogP contribution is -2.30. The van der Waals surface area contributed by atoms with Crippen molar-refractivity contribution in [2.75, 3.05) is 19.8 Å². The number of rotatable bonds is 45. The van der Waals surface area contributed by atoms with Crippen LogP contribution in [0.3, 0.4) is 0 Å². The number of ether oxygens (including phenoxy) is 3. The number of unbranched alkanes of at least 4 members (excludes halogenated alkanes) is 12. The summed E-state index contributed by atoms with van der Waals surface area (Å²) in [7, 11) is 0. The van der Waals surface area contributed by atoms with Gasteiger partial charge in [0, 0.05) is 19.4 Å². The number of allylic oxidation sites excluding steroid dienone is 22. The Balaban J connectivity index is 4.48. The van der Waals surface area contributed by atoms with Gasteiger partial charge in [0.15, 0.2) is 6.10 Å². The number of hydrogen-bond donors (Lipinski definition) is 0. The van der Waals surface area contributed by atoms with Gasteiger partial charge in [0.2, 0.25) is 0 Å². The minimum absolute atomic E-state index is 0.0219. The highest BCUT2D eigenvalue weighted by Gasteiger charge is 2.17. The van der Waals surface area contributed by atoms with Gasteiger partial charge in [0.1, 0.15) is 6.61 Å². The molecule has 0 aromatic rings. The normalized spacial score (nSPS) is 13.4. The van der Waals surface area contributed by atoms with E-state index in [1.54, 1.807) is 0 Å². The Morgan fingerprint density at radius 2 is 0.719 bits per heavy atom. The van der Waals surface area contributed by atoms with Gasteiger partial charge >= 0.3 is 11.9 Å². The lowest BCUT2D eigenvalue weighted by Gasteiger charge is -2.18. The molecule has 1 unspecified atom stereocenters. The van der Waals surface area contributed by atoms with Gasteiger partial charge in [-0.05, 0) is 122 Å². The molecular formula is C59H94O5. The van der Waals surface area contributed by atoms with Gasteiger partial charge in [-0.25, -0.2) is 0 Å². The maximum absolute atomic E-state index is 12.8. The molecule has 0 radical (unpaired) electrons. The Bertz CT molecular complexity index is 1370. The molecule has 0 amide bonds. The number of carbonyl (C=O) groups excluding carboxylic acids is 2. The summed E-state index contributed by atoms with van der Waals surface area (Å²) in [5, 5.41) is 0. The Morgan fingerprint density at radius 3 is 1.17 bits per heavy atom. The van der Waals surface area contributed by atoms with E-state index in [1.165, 1.54) is 51.4 Å². The van der Waals surface area contributed by atoms with Crippen molar-refractivity contribution in [1.29, 1.82) is 0 Å². The van der Waals surface area contributed by atoms with E-state index >= 15 is 0 Å². The van der Waals surface area contributed by atoms with E-state index in [9.17, 15) is 9.59 Å². The van der Waals surface area contributed by atoms with Gasteiger partial charge in [-0.15, -0.1) is 0 Å². The SMILES string of the molecule is CC/C=C\C/C=C\C/C=C\C/C=C\C/C=C\CCCC(=O)OCC(COCCC/C=C\C/C=C\C/C=C\C/C=C\CC)OC(=O)CCCCCCCCC/C=C\C/C=C\CCCCC. The second kappa shape index (κ2) is 53.4. The van der Waals surface area contributed by atoms with Crippen LogP contribution in [0.5, 0.6) is 0 Å². The van der Waals surface area contributed by atoms with Gasteiger partial charge in [-0.3, -0.25) is 9.59 Å². The quantitative estimate of drug-likeness (QED) is 0.0346. The summed E-state index contributed by atoms with van der Waals surface area (Å²) in [5.74, 6) is -0.514. The van der Waals surface area contributed by atoms with Crippen molar-refractivity contribution < 1.29 is 23.8 Å². The van der Waals surface area contributed by atoms with E-state index < -0.39 is 6.10 Å². The Morgan fingerprint density at radius 1 is 0.359 bits per heavy atom. The van der Waals surface area contributed by atoms with Crippen LogP contribution in [0.2, 0.25) is 0 Å². The molecule has 0 aliphatic heterocycles. The third-order valence-electron chi connectivity index (χ3n) is 10.2. The molecule has 5 nitrogen and oxygen atoms in total. The zero-order valence-corrected chi connectivity index (χ0v) is 41.2. The molecular weight excluding hydrogens is 789 g/mol. The van der Waals surface area contributed by atoms with Crippen molar-refractivity contribution in [2.45, 2.75) is 207 Å². The molecule has 0 N–H and O–H groups in total. The molecule has 0 saturated heterocycles. The molecule has 0 aromatic carbocycles. The minimum atomic E-state index is -0.601. The van der Waals surface area contributed by atoms with Crippen LogP contribution in [-0.2, 0) is 23.8 Å². The number of carbonyl (C=O) groups is 2. The summed E-state index contributed by atoms with van der Waals surface area (Å²) in [5.41, 5.74) is 0. The first kappa shape index (κ1) is 60.0. The first-order valence-electron chi connectivity index (χ1n) is 25.7. The molecule has 0 bridgehead atoms. The zero-order valence-electron chi connectivity index (χ0n) is 41.2. The lowest BCUT2D eigenvalue weighted by molar-refractivity contribution is -0.162. The fraction of sp³-hybridized carbons (Fsp3) is 0.593. The van der Waals surface area contributed by atoms with Crippen LogP contribution >= 0.6 is 0 Å². The van der Waals surface area contributed by atoms with Crippen molar-refractivity contribution >= 4 is 11.9 Å². The summed E-state index contributed by atoms with van der Waals surface area (Å²) in [6.45, 7) is 7.35. The predicted molar refractivity (Wildman–Crippen MR) is 278 cm³/mol. The van der Waals surface area contributed by atoms with Crippen LogP contribution in [0, 0.1) is 0 Å². The van der Waals surface area contributed by atoms with Crippen molar-refractivity contribution in [1.82, 2.24) is 0 Å². The van der Waals surface area contributed by atoms with Crippen LogP contribution in [0.4, 0.5) is 0 Å². The Labute approximate surface area is 394 Å². The molecule has 1 atom stereocenters. The molecule has 0 aliphatic carbocycles. The summed E-state index contributed by atoms with van der Waals surface area (Å²) >= 11 is 0. The van der Waals surface area contributed by atoms with Gasteiger partial charge < -0.3 is 14.2 Å². The van der Waals surface area contributed by atoms with E-state index in [4.69, 9.17) is 14.2 Å². The number of hydrogen-bond acceptors (Lipinski definition) is 5. The molecule has 0 saturated carbocycles. The van der Waals surface area contributed by atoms with E-state index in [2.05, 4.69) is 154 Å². The molecule has 0 rings (SSSR count). The third kappa shape index (κ3) is 50.7. The third-order valence-corrected chi connectivity index (χ3v) is 10.2. The Hall–Kier alpha value is -3.96. The molecule has 0 fully saturated rings. The first-order chi connectivity index (χ1) is 31.6. The van der Waals surface area contributed by atoms with Crippen molar-refractivity contribution in [3.05, 3.63) is 134 Å². The topological polar surface area (TPSA) is 61.8 Å². The molecule has 0 heterocycles. The van der Waals surface area contributed by atoms with Gasteiger partial charge in [-0.1, -0.05) is 199 Å². The standard InChI is InChI=1S/C59H94O5/c1-4-7-10-13-16-19-22-25-28-30-32-34-37-40-43-46-49-52-58(60)63-56-57(55-62-54-51-48-45-42-39-36-27-24-21-18-15-12-9-6-3)64-59(61)53-50-47-44-41-38-35-33-31-29-26-23-20-17-14-11-8-5-2/h7,9-10,12,16-21,25-29,32,34,36,40,42-43,45,57H,4-6,8,11,13-15,22-24,30-31,33,35,37-39,41,44,46-56H2,1-3H3/b10-7-,12-9-,19-16-,20-17-,21-18-,28-25-,29-26-,34-32-,36-27-,43-40-,45-42-. The average molecular weight is 883 g/mol. The zero-order chi connectivity index (χ0) is 46.3. The summed E-state index contributed by atoms with van der Waals surface area (Å²) in [6.07, 6.45) is 76.2. The van der Waals surface area contributed by atoms with Crippen LogP contribution < -0.4 is 0 Å². The van der Waals surface area contributed by atoms with Crippen LogP contribution in [-0.4, -0.2) is 37.9 Å². The summed E-state index contributed by atoms with van der Waals surface area (Å²) < 4.78 is 17.3. The van der Waals surface area contributed by atoms with Crippen LogP contribution in [0.1, 0.15) is 201 Å². The Kier molecular flexibility index (Phi) is 50.1. The molecule has 64 heavy (non-hydrogen) atoms. The highest BCUT2D eigenvalue weighted by molar-refractivity contribution is 5.70. The number of esters is 2. The van der Waals surface area contributed by atoms with Crippen LogP contribution in [0.15, 0.2) is 134 Å². The fourth-order valence-electron chi connectivity index (χ4n) is 6.40. The highest BCUT2D eigenvalue weighted by Crippen LogP contribution is 2.12. The minimum Gasteiger partial charge on any atom is -0.462 e. The van der Waals surface area contributed by atoms with Gasteiger partial charge in [0.05, 0.1) is 6.61 Å². The summed E-state index contributed by atoms with van der Waals surface area (Å²) in [6, 6.07) is 0. The van der Waals surface area contributed by atoms with E-state index in [0.29, 0.717) is 19.4 Å². The van der Waals surface area contributed by atoms with E-state index in [-0.39, 0.29) is 25.2 Å². The van der Waals surface area contributed by atoms with Crippen molar-refractivity contribution in [2.24, 2.45) is 0 Å². The van der Waals surface area contributed by atoms with Crippen LogP contribution in [0.25, 0.3) is 0 Å². The molecule has 0 aromatic heterocycles.